The Balaban J connectivity index is 2.89. The van der Waals surface area contributed by atoms with Gasteiger partial charge in [0.05, 0.1) is 0 Å². The first-order valence-electron chi connectivity index (χ1n) is 4.81. The lowest BCUT2D eigenvalue weighted by Crippen LogP contribution is -1.93. The molecule has 0 heterocycles. The van der Waals surface area contributed by atoms with Crippen molar-refractivity contribution in [1.29, 1.82) is 0 Å². The minimum atomic E-state index is 0.304. The summed E-state index contributed by atoms with van der Waals surface area (Å²) in [4.78, 5) is 0. The van der Waals surface area contributed by atoms with Crippen molar-refractivity contribution in [2.24, 2.45) is 0 Å². The topological polar surface area (TPSA) is 0 Å². The van der Waals surface area contributed by atoms with Gasteiger partial charge >= 0.3 is 0 Å². The highest BCUT2D eigenvalue weighted by Gasteiger charge is 1.97. The molecule has 62 valence electrons. The smallest absolute Gasteiger partial charge is 0.0197 e. The van der Waals surface area contributed by atoms with Crippen molar-refractivity contribution in [3.63, 3.8) is 0 Å². The van der Waals surface area contributed by atoms with Crippen molar-refractivity contribution in [2.75, 3.05) is 0 Å². The zero-order valence-electron chi connectivity index (χ0n) is 7.82. The Kier molecular flexibility index (Phi) is 7.48. The molecular formula is C9H22Si. The summed E-state index contributed by atoms with van der Waals surface area (Å²) < 4.78 is 0. The van der Waals surface area contributed by atoms with Crippen LogP contribution in [0.5, 0.6) is 0 Å². The molecule has 1 atom stereocenters. The maximum absolute atomic E-state index is 2.42. The van der Waals surface area contributed by atoms with Gasteiger partial charge in [0, 0.05) is 9.52 Å². The molecule has 0 aliphatic heterocycles. The van der Waals surface area contributed by atoms with E-state index in [0.29, 0.717) is 9.52 Å². The van der Waals surface area contributed by atoms with Crippen LogP contribution in [0, 0.1) is 0 Å². The molecule has 0 bridgehead atoms. The highest BCUT2D eigenvalue weighted by Crippen LogP contribution is 2.13. The van der Waals surface area contributed by atoms with Crippen LogP contribution in [0.2, 0.25) is 12.1 Å². The Bertz CT molecular complexity index is 61.7. The van der Waals surface area contributed by atoms with E-state index in [1.807, 2.05) is 0 Å². The fraction of sp³-hybridized carbons (Fsp3) is 1.00. The monoisotopic (exact) mass is 158 g/mol. The molecule has 0 aromatic heterocycles. The quantitative estimate of drug-likeness (QED) is 0.412. The Morgan fingerprint density at radius 1 is 1.20 bits per heavy atom. The summed E-state index contributed by atoms with van der Waals surface area (Å²) in [5.41, 5.74) is 1.09. The van der Waals surface area contributed by atoms with Crippen molar-refractivity contribution in [3.05, 3.63) is 0 Å². The van der Waals surface area contributed by atoms with Gasteiger partial charge in [-0.05, 0) is 0 Å². The summed E-state index contributed by atoms with van der Waals surface area (Å²) in [5, 5.41) is 0. The highest BCUT2D eigenvalue weighted by atomic mass is 28.2. The van der Waals surface area contributed by atoms with E-state index >= 15 is 0 Å². The van der Waals surface area contributed by atoms with Gasteiger partial charge in [-0.3, -0.25) is 0 Å². The fourth-order valence-corrected chi connectivity index (χ4v) is 1.82. The van der Waals surface area contributed by atoms with Gasteiger partial charge in [0.1, 0.15) is 0 Å². The lowest BCUT2D eigenvalue weighted by molar-refractivity contribution is 0.622. The second-order valence-corrected chi connectivity index (χ2v) is 5.57. The lowest BCUT2D eigenvalue weighted by atomic mass is 10.1. The molecule has 0 nitrogen and oxygen atoms in total. The van der Waals surface area contributed by atoms with Crippen LogP contribution in [0.15, 0.2) is 0 Å². The Labute approximate surface area is 68.2 Å². The van der Waals surface area contributed by atoms with Crippen molar-refractivity contribution in [1.82, 2.24) is 0 Å². The molecule has 0 saturated carbocycles. The molecule has 0 aromatic carbocycles. The van der Waals surface area contributed by atoms with Gasteiger partial charge in [-0.1, -0.05) is 58.0 Å². The van der Waals surface area contributed by atoms with Gasteiger partial charge in [0.2, 0.25) is 0 Å². The second kappa shape index (κ2) is 7.33. The molecule has 0 aliphatic carbocycles. The van der Waals surface area contributed by atoms with Gasteiger partial charge in [0.15, 0.2) is 0 Å². The standard InChI is InChI=1S/C9H22Si/c1-4-5-6-7-8-9(2)10-3/h9H,4-8,10H2,1-3H3. The molecule has 0 aromatic rings. The molecule has 0 spiro atoms. The molecule has 0 radical (unpaired) electrons. The average molecular weight is 158 g/mol. The third-order valence-corrected chi connectivity index (χ3v) is 4.05. The van der Waals surface area contributed by atoms with Crippen LogP contribution < -0.4 is 0 Å². The normalized spacial score (nSPS) is 14.7. The van der Waals surface area contributed by atoms with E-state index in [0.717, 1.165) is 5.54 Å². The minimum absolute atomic E-state index is 0.304. The molecule has 0 rings (SSSR count). The van der Waals surface area contributed by atoms with Crippen LogP contribution >= 0.6 is 0 Å². The third-order valence-electron chi connectivity index (χ3n) is 2.25. The van der Waals surface area contributed by atoms with E-state index in [1.165, 1.54) is 32.1 Å². The van der Waals surface area contributed by atoms with Gasteiger partial charge < -0.3 is 0 Å². The Hall–Kier alpha value is 0.217. The predicted molar refractivity (Wildman–Crippen MR) is 52.6 cm³/mol. The highest BCUT2D eigenvalue weighted by molar-refractivity contribution is 6.35. The Morgan fingerprint density at radius 3 is 2.40 bits per heavy atom. The van der Waals surface area contributed by atoms with Gasteiger partial charge in [-0.15, -0.1) is 0 Å². The number of unbranched alkanes of at least 4 members (excludes halogenated alkanes) is 3. The summed E-state index contributed by atoms with van der Waals surface area (Å²) in [7, 11) is 0.304. The molecule has 0 aliphatic rings. The van der Waals surface area contributed by atoms with Crippen LogP contribution in [-0.4, -0.2) is 9.52 Å². The van der Waals surface area contributed by atoms with Crippen LogP contribution in [0.1, 0.15) is 46.0 Å². The van der Waals surface area contributed by atoms with Crippen LogP contribution in [0.3, 0.4) is 0 Å². The molecule has 10 heavy (non-hydrogen) atoms. The minimum Gasteiger partial charge on any atom is -0.0746 e. The van der Waals surface area contributed by atoms with Crippen molar-refractivity contribution >= 4 is 9.52 Å². The van der Waals surface area contributed by atoms with Crippen LogP contribution in [0.4, 0.5) is 0 Å². The molecule has 0 N–H and O–H groups in total. The Morgan fingerprint density at radius 2 is 1.90 bits per heavy atom. The van der Waals surface area contributed by atoms with Gasteiger partial charge in [0.25, 0.3) is 0 Å². The third kappa shape index (κ3) is 6.34. The van der Waals surface area contributed by atoms with Crippen LogP contribution in [-0.2, 0) is 0 Å². The van der Waals surface area contributed by atoms with Crippen LogP contribution in [0.25, 0.3) is 0 Å². The average Bonchev–Trinajstić information content (AvgIpc) is 1.98. The SMILES string of the molecule is CCCCCCC(C)[SiH2]C. The molecule has 0 saturated heterocycles. The number of hydrogen-bond acceptors (Lipinski definition) is 0. The summed E-state index contributed by atoms with van der Waals surface area (Å²) >= 11 is 0. The zero-order valence-corrected chi connectivity index (χ0v) is 9.23. The van der Waals surface area contributed by atoms with E-state index in [-0.39, 0.29) is 0 Å². The molecule has 1 heteroatoms. The van der Waals surface area contributed by atoms with Gasteiger partial charge in [-0.2, -0.15) is 0 Å². The first-order chi connectivity index (χ1) is 4.81. The van der Waals surface area contributed by atoms with E-state index in [4.69, 9.17) is 0 Å². The second-order valence-electron chi connectivity index (χ2n) is 3.36. The largest absolute Gasteiger partial charge is 0.0746 e. The molecule has 1 unspecified atom stereocenters. The number of rotatable bonds is 6. The first-order valence-corrected chi connectivity index (χ1v) is 7.04. The molecule has 0 fully saturated rings. The molecular weight excluding hydrogens is 136 g/mol. The fourth-order valence-electron chi connectivity index (χ4n) is 1.12. The van der Waals surface area contributed by atoms with Crippen molar-refractivity contribution in [2.45, 2.75) is 58.0 Å². The van der Waals surface area contributed by atoms with Crippen molar-refractivity contribution < 1.29 is 0 Å². The van der Waals surface area contributed by atoms with E-state index in [9.17, 15) is 0 Å². The first kappa shape index (κ1) is 10.2. The number of hydrogen-bond donors (Lipinski definition) is 0. The maximum Gasteiger partial charge on any atom is 0.0197 e. The van der Waals surface area contributed by atoms with Gasteiger partial charge in [-0.25, -0.2) is 0 Å². The predicted octanol–water partition coefficient (Wildman–Crippen LogP) is 2.98. The summed E-state index contributed by atoms with van der Waals surface area (Å²) in [6.45, 7) is 7.11. The maximum atomic E-state index is 2.42. The summed E-state index contributed by atoms with van der Waals surface area (Å²) in [6, 6.07) is 0. The summed E-state index contributed by atoms with van der Waals surface area (Å²) in [5.74, 6) is 0. The van der Waals surface area contributed by atoms with Crippen molar-refractivity contribution in [3.8, 4) is 0 Å². The van der Waals surface area contributed by atoms with E-state index in [2.05, 4.69) is 20.4 Å². The lowest BCUT2D eigenvalue weighted by Gasteiger charge is -2.05. The van der Waals surface area contributed by atoms with E-state index < -0.39 is 0 Å². The zero-order chi connectivity index (χ0) is 7.82. The summed E-state index contributed by atoms with van der Waals surface area (Å²) in [6.07, 6.45) is 7.27. The molecule has 0 amide bonds. The van der Waals surface area contributed by atoms with E-state index in [1.54, 1.807) is 0 Å².